The molecule has 1 aliphatic rings. The highest BCUT2D eigenvalue weighted by Gasteiger charge is 2.28. The van der Waals surface area contributed by atoms with E-state index in [2.05, 4.69) is 47.4 Å². The average Bonchev–Trinajstić information content (AvgIpc) is 2.75. The van der Waals surface area contributed by atoms with Crippen molar-refractivity contribution in [3.8, 4) is 0 Å². The van der Waals surface area contributed by atoms with Crippen molar-refractivity contribution < 1.29 is 0 Å². The van der Waals surface area contributed by atoms with Gasteiger partial charge in [-0.25, -0.2) is 0 Å². The summed E-state index contributed by atoms with van der Waals surface area (Å²) in [5.74, 6) is 2.20. The monoisotopic (exact) mass is 425 g/mol. The van der Waals surface area contributed by atoms with Crippen molar-refractivity contribution in [1.82, 2.24) is 10.2 Å². The van der Waals surface area contributed by atoms with Crippen LogP contribution in [0, 0.1) is 6.92 Å². The van der Waals surface area contributed by atoms with Gasteiger partial charge in [0.05, 0.1) is 6.54 Å². The van der Waals surface area contributed by atoms with E-state index in [1.807, 2.05) is 30.1 Å². The van der Waals surface area contributed by atoms with Gasteiger partial charge in [0.1, 0.15) is 0 Å². The van der Waals surface area contributed by atoms with Crippen molar-refractivity contribution in [2.24, 2.45) is 4.99 Å². The van der Waals surface area contributed by atoms with Gasteiger partial charge in [0.2, 0.25) is 0 Å². The zero-order valence-corrected chi connectivity index (χ0v) is 16.6. The SMILES string of the molecule is CN=C(NCc1sccc1C)N1CCSC(C)(C)C1.I. The number of thiophene rings is 1. The maximum atomic E-state index is 4.43. The van der Waals surface area contributed by atoms with Gasteiger partial charge in [-0.05, 0) is 37.8 Å². The topological polar surface area (TPSA) is 27.6 Å². The van der Waals surface area contributed by atoms with Gasteiger partial charge in [-0.2, -0.15) is 11.8 Å². The normalized spacial score (nSPS) is 18.6. The molecule has 3 nitrogen and oxygen atoms in total. The Bertz CT molecular complexity index is 457. The van der Waals surface area contributed by atoms with Crippen molar-refractivity contribution in [3.63, 3.8) is 0 Å². The third kappa shape index (κ3) is 4.80. The number of hydrogen-bond acceptors (Lipinski definition) is 3. The summed E-state index contributed by atoms with van der Waals surface area (Å²) in [4.78, 5) is 8.20. The molecule has 0 atom stereocenters. The van der Waals surface area contributed by atoms with Crippen LogP contribution in [0.1, 0.15) is 24.3 Å². The molecule has 114 valence electrons. The summed E-state index contributed by atoms with van der Waals surface area (Å²) in [6.07, 6.45) is 0. The number of rotatable bonds is 2. The lowest BCUT2D eigenvalue weighted by Gasteiger charge is -2.39. The van der Waals surface area contributed by atoms with Crippen molar-refractivity contribution in [2.45, 2.75) is 32.1 Å². The van der Waals surface area contributed by atoms with Crippen molar-refractivity contribution >= 4 is 53.0 Å². The maximum absolute atomic E-state index is 4.43. The number of nitrogens with one attached hydrogen (secondary N) is 1. The van der Waals surface area contributed by atoms with Crippen LogP contribution < -0.4 is 5.32 Å². The summed E-state index contributed by atoms with van der Waals surface area (Å²) in [5, 5.41) is 5.65. The Morgan fingerprint density at radius 3 is 2.80 bits per heavy atom. The van der Waals surface area contributed by atoms with Gasteiger partial charge >= 0.3 is 0 Å². The highest BCUT2D eigenvalue weighted by Crippen LogP contribution is 2.29. The van der Waals surface area contributed by atoms with Crippen LogP contribution >= 0.6 is 47.1 Å². The molecule has 1 aromatic heterocycles. The molecule has 0 amide bonds. The van der Waals surface area contributed by atoms with Crippen molar-refractivity contribution in [3.05, 3.63) is 21.9 Å². The number of halogens is 1. The summed E-state index contributed by atoms with van der Waals surface area (Å²) in [6.45, 7) is 9.79. The summed E-state index contributed by atoms with van der Waals surface area (Å²) in [6, 6.07) is 2.17. The average molecular weight is 425 g/mol. The third-order valence-corrected chi connectivity index (χ3v) is 5.63. The van der Waals surface area contributed by atoms with Gasteiger partial charge in [-0.15, -0.1) is 35.3 Å². The van der Waals surface area contributed by atoms with Crippen molar-refractivity contribution in [1.29, 1.82) is 0 Å². The van der Waals surface area contributed by atoms with Gasteiger partial charge in [-0.3, -0.25) is 4.99 Å². The maximum Gasteiger partial charge on any atom is 0.194 e. The van der Waals surface area contributed by atoms with E-state index in [0.717, 1.165) is 25.6 Å². The van der Waals surface area contributed by atoms with E-state index in [1.54, 1.807) is 0 Å². The highest BCUT2D eigenvalue weighted by molar-refractivity contribution is 14.0. The highest BCUT2D eigenvalue weighted by atomic mass is 127. The molecule has 20 heavy (non-hydrogen) atoms. The molecule has 0 radical (unpaired) electrons. The molecular formula is C14H24IN3S2. The number of thioether (sulfide) groups is 1. The molecule has 0 aromatic carbocycles. The van der Waals surface area contributed by atoms with Gasteiger partial charge in [0.25, 0.3) is 0 Å². The second kappa shape index (κ2) is 7.89. The first-order valence-electron chi connectivity index (χ1n) is 6.64. The first-order chi connectivity index (χ1) is 9.02. The Labute approximate surface area is 147 Å². The van der Waals surface area contributed by atoms with Crippen LogP contribution in [-0.2, 0) is 6.54 Å². The molecular weight excluding hydrogens is 401 g/mol. The number of aliphatic imine (C=N–C) groups is 1. The van der Waals surface area contributed by atoms with E-state index in [9.17, 15) is 0 Å². The fourth-order valence-corrected chi connectivity index (χ4v) is 4.23. The first-order valence-corrected chi connectivity index (χ1v) is 8.51. The minimum Gasteiger partial charge on any atom is -0.351 e. The van der Waals surface area contributed by atoms with Gasteiger partial charge in [-0.1, -0.05) is 0 Å². The quantitative estimate of drug-likeness (QED) is 0.446. The zero-order chi connectivity index (χ0) is 13.9. The van der Waals surface area contributed by atoms with E-state index in [-0.39, 0.29) is 24.0 Å². The second-order valence-corrected chi connectivity index (χ2v) is 8.26. The molecule has 6 heteroatoms. The molecule has 0 bridgehead atoms. The second-order valence-electron chi connectivity index (χ2n) is 5.46. The minimum absolute atomic E-state index is 0. The molecule has 1 saturated heterocycles. The summed E-state index contributed by atoms with van der Waals surface area (Å²) >= 11 is 3.86. The molecule has 2 rings (SSSR count). The van der Waals surface area contributed by atoms with Gasteiger partial charge in [0, 0.05) is 35.5 Å². The van der Waals surface area contributed by atoms with Crippen LogP contribution in [0.25, 0.3) is 0 Å². The Hall–Kier alpha value is 0.0500. The minimum atomic E-state index is 0. The van der Waals surface area contributed by atoms with Crippen LogP contribution in [0.3, 0.4) is 0 Å². The molecule has 1 fully saturated rings. The first kappa shape index (κ1) is 18.1. The molecule has 0 unspecified atom stereocenters. The Balaban J connectivity index is 0.00000200. The molecule has 0 aliphatic carbocycles. The number of hydrogen-bond donors (Lipinski definition) is 1. The zero-order valence-electron chi connectivity index (χ0n) is 12.6. The summed E-state index contributed by atoms with van der Waals surface area (Å²) in [5.41, 5.74) is 1.36. The van der Waals surface area contributed by atoms with Gasteiger partial charge < -0.3 is 10.2 Å². The van der Waals surface area contributed by atoms with Crippen LogP contribution in [0.15, 0.2) is 16.4 Å². The van der Waals surface area contributed by atoms with E-state index in [4.69, 9.17) is 0 Å². The van der Waals surface area contributed by atoms with Crippen LogP contribution in [0.5, 0.6) is 0 Å². The summed E-state index contributed by atoms with van der Waals surface area (Å²) in [7, 11) is 1.87. The predicted molar refractivity (Wildman–Crippen MR) is 103 cm³/mol. The van der Waals surface area contributed by atoms with E-state index < -0.39 is 0 Å². The van der Waals surface area contributed by atoms with E-state index >= 15 is 0 Å². The molecule has 1 aliphatic heterocycles. The standard InChI is InChI=1S/C14H23N3S2.HI/c1-11-5-7-18-12(11)9-16-13(15-4)17-6-8-19-14(2,3)10-17;/h5,7H,6,8-10H2,1-4H3,(H,15,16);1H. The molecule has 2 heterocycles. The number of aryl methyl sites for hydroxylation is 1. The molecule has 0 spiro atoms. The van der Waals surface area contributed by atoms with Crippen molar-refractivity contribution in [2.75, 3.05) is 25.9 Å². The van der Waals surface area contributed by atoms with Crippen LogP contribution in [0.4, 0.5) is 0 Å². The Morgan fingerprint density at radius 2 is 2.25 bits per heavy atom. The van der Waals surface area contributed by atoms with E-state index in [1.165, 1.54) is 16.2 Å². The molecule has 0 saturated carbocycles. The predicted octanol–water partition coefficient (Wildman–Crippen LogP) is 3.58. The fourth-order valence-electron chi connectivity index (χ4n) is 2.27. The number of guanidine groups is 1. The summed E-state index contributed by atoms with van der Waals surface area (Å²) < 4.78 is 0.314. The van der Waals surface area contributed by atoms with Crippen LogP contribution in [-0.4, -0.2) is 41.5 Å². The van der Waals surface area contributed by atoms with Crippen LogP contribution in [0.2, 0.25) is 0 Å². The molecule has 1 N–H and O–H groups in total. The Kier molecular flexibility index (Phi) is 7.14. The number of nitrogens with zero attached hydrogens (tertiary/aromatic N) is 2. The largest absolute Gasteiger partial charge is 0.351 e. The lowest BCUT2D eigenvalue weighted by molar-refractivity contribution is 0.376. The van der Waals surface area contributed by atoms with E-state index in [0.29, 0.717) is 4.75 Å². The Morgan fingerprint density at radius 1 is 1.50 bits per heavy atom. The third-order valence-electron chi connectivity index (χ3n) is 3.31. The van der Waals surface area contributed by atoms with Gasteiger partial charge in [0.15, 0.2) is 5.96 Å². The molecule has 1 aromatic rings. The lowest BCUT2D eigenvalue weighted by atomic mass is 10.2. The lowest BCUT2D eigenvalue weighted by Crippen LogP contribution is -2.50. The fraction of sp³-hybridized carbons (Fsp3) is 0.643. The smallest absolute Gasteiger partial charge is 0.194 e.